The molecule has 0 N–H and O–H groups in total. The summed E-state index contributed by atoms with van der Waals surface area (Å²) in [6.07, 6.45) is 9.27. The lowest BCUT2D eigenvalue weighted by Crippen LogP contribution is -1.96. The summed E-state index contributed by atoms with van der Waals surface area (Å²) in [6, 6.07) is 1.80. The van der Waals surface area contributed by atoms with Crippen molar-refractivity contribution in [3.63, 3.8) is 0 Å². The largest absolute Gasteiger partial charge is 0.274 e. The zero-order chi connectivity index (χ0) is 9.80. The van der Waals surface area contributed by atoms with Crippen molar-refractivity contribution in [2.45, 2.75) is 19.8 Å². The minimum Gasteiger partial charge on any atom is -0.274 e. The highest BCUT2D eigenvalue weighted by Gasteiger charge is 2.00. The predicted molar refractivity (Wildman–Crippen MR) is 53.1 cm³/mol. The molecule has 0 amide bonds. The van der Waals surface area contributed by atoms with Crippen molar-refractivity contribution >= 4 is 0 Å². The van der Waals surface area contributed by atoms with Gasteiger partial charge in [-0.25, -0.2) is 15.0 Å². The van der Waals surface area contributed by atoms with Crippen molar-refractivity contribution in [3.8, 4) is 5.95 Å². The molecule has 0 spiro atoms. The Bertz CT molecular complexity index is 394. The molecule has 4 heteroatoms. The van der Waals surface area contributed by atoms with Crippen molar-refractivity contribution in [2.75, 3.05) is 0 Å². The van der Waals surface area contributed by atoms with Gasteiger partial charge in [-0.3, -0.25) is 4.57 Å². The number of hydrogen-bond acceptors (Lipinski definition) is 3. The third kappa shape index (κ3) is 1.79. The number of nitrogens with zero attached hydrogens (tertiary/aromatic N) is 4. The topological polar surface area (TPSA) is 43.6 Å². The zero-order valence-electron chi connectivity index (χ0n) is 8.09. The molecular formula is C10H12N4. The molecule has 4 nitrogen and oxygen atoms in total. The van der Waals surface area contributed by atoms with Gasteiger partial charge < -0.3 is 0 Å². The lowest BCUT2D eigenvalue weighted by Gasteiger charge is -1.96. The first kappa shape index (κ1) is 8.87. The Morgan fingerprint density at radius 2 is 2.00 bits per heavy atom. The summed E-state index contributed by atoms with van der Waals surface area (Å²) < 4.78 is 1.84. The molecule has 14 heavy (non-hydrogen) atoms. The molecule has 2 aromatic heterocycles. The molecule has 0 aliphatic heterocycles. The van der Waals surface area contributed by atoms with E-state index in [1.165, 1.54) is 0 Å². The molecule has 0 aliphatic carbocycles. The van der Waals surface area contributed by atoms with Crippen LogP contribution in [-0.4, -0.2) is 19.5 Å². The van der Waals surface area contributed by atoms with Gasteiger partial charge in [-0.05, 0) is 12.5 Å². The van der Waals surface area contributed by atoms with Gasteiger partial charge in [-0.1, -0.05) is 13.3 Å². The highest BCUT2D eigenvalue weighted by atomic mass is 15.2. The van der Waals surface area contributed by atoms with Crippen LogP contribution in [-0.2, 0) is 6.42 Å². The lowest BCUT2D eigenvalue weighted by molar-refractivity contribution is 0.888. The molecule has 2 heterocycles. The zero-order valence-corrected chi connectivity index (χ0v) is 8.09. The van der Waals surface area contributed by atoms with Crippen molar-refractivity contribution in [3.05, 3.63) is 36.7 Å². The van der Waals surface area contributed by atoms with E-state index in [4.69, 9.17) is 0 Å². The Hall–Kier alpha value is -1.71. The highest BCUT2D eigenvalue weighted by molar-refractivity contribution is 5.12. The van der Waals surface area contributed by atoms with Crippen LogP contribution in [0, 0.1) is 0 Å². The third-order valence-electron chi connectivity index (χ3n) is 1.93. The Labute approximate surface area is 82.7 Å². The fourth-order valence-electron chi connectivity index (χ4n) is 1.28. The Morgan fingerprint density at radius 3 is 2.71 bits per heavy atom. The van der Waals surface area contributed by atoms with Crippen molar-refractivity contribution in [1.82, 2.24) is 19.5 Å². The summed E-state index contributed by atoms with van der Waals surface area (Å²) in [6.45, 7) is 2.14. The Morgan fingerprint density at radius 1 is 1.21 bits per heavy atom. The fraction of sp³-hybridized carbons (Fsp3) is 0.300. The maximum Gasteiger partial charge on any atom is 0.234 e. The number of aryl methyl sites for hydroxylation is 1. The average molecular weight is 188 g/mol. The van der Waals surface area contributed by atoms with Crippen molar-refractivity contribution in [2.24, 2.45) is 0 Å². The quantitative estimate of drug-likeness (QED) is 0.735. The molecule has 0 bridgehead atoms. The van der Waals surface area contributed by atoms with Gasteiger partial charge in [-0.15, -0.1) is 0 Å². The monoisotopic (exact) mass is 188 g/mol. The van der Waals surface area contributed by atoms with Gasteiger partial charge in [0.15, 0.2) is 0 Å². The number of aromatic nitrogens is 4. The molecule has 0 aromatic carbocycles. The van der Waals surface area contributed by atoms with Crippen molar-refractivity contribution < 1.29 is 0 Å². The fourth-order valence-corrected chi connectivity index (χ4v) is 1.28. The molecule has 2 rings (SSSR count). The van der Waals surface area contributed by atoms with Gasteiger partial charge >= 0.3 is 0 Å². The van der Waals surface area contributed by atoms with Crippen LogP contribution in [0.4, 0.5) is 0 Å². The van der Waals surface area contributed by atoms with Crippen LogP contribution in [0.3, 0.4) is 0 Å². The summed E-state index contributed by atoms with van der Waals surface area (Å²) in [7, 11) is 0. The van der Waals surface area contributed by atoms with Crippen LogP contribution in [0.15, 0.2) is 31.0 Å². The molecule has 0 unspecified atom stereocenters. The molecule has 0 saturated heterocycles. The second-order valence-corrected chi connectivity index (χ2v) is 3.07. The van der Waals surface area contributed by atoms with Crippen molar-refractivity contribution in [1.29, 1.82) is 0 Å². The van der Waals surface area contributed by atoms with E-state index in [1.807, 2.05) is 10.8 Å². The first-order chi connectivity index (χ1) is 6.90. The van der Waals surface area contributed by atoms with Gasteiger partial charge in [0.05, 0.1) is 5.69 Å². The average Bonchev–Trinajstić information content (AvgIpc) is 2.68. The smallest absolute Gasteiger partial charge is 0.234 e. The van der Waals surface area contributed by atoms with E-state index in [0.29, 0.717) is 5.95 Å². The van der Waals surface area contributed by atoms with Gasteiger partial charge in [0.25, 0.3) is 0 Å². The first-order valence-electron chi connectivity index (χ1n) is 4.70. The Kier molecular flexibility index (Phi) is 2.53. The molecule has 2 aromatic rings. The summed E-state index contributed by atoms with van der Waals surface area (Å²) in [4.78, 5) is 12.5. The molecular weight excluding hydrogens is 176 g/mol. The van der Waals surface area contributed by atoms with Gasteiger partial charge in [0, 0.05) is 18.6 Å². The SMILES string of the molecule is CCCc1cn(-c2ncccn2)cn1. The minimum atomic E-state index is 0.669. The van der Waals surface area contributed by atoms with Crippen LogP contribution in [0.2, 0.25) is 0 Å². The van der Waals surface area contributed by atoms with Gasteiger partial charge in [-0.2, -0.15) is 0 Å². The van der Waals surface area contributed by atoms with Crippen LogP contribution >= 0.6 is 0 Å². The Balaban J connectivity index is 2.25. The molecule has 0 radical (unpaired) electrons. The molecule has 0 saturated carbocycles. The maximum atomic E-state index is 4.27. The van der Waals surface area contributed by atoms with E-state index >= 15 is 0 Å². The van der Waals surface area contributed by atoms with E-state index < -0.39 is 0 Å². The maximum absolute atomic E-state index is 4.27. The number of rotatable bonds is 3. The summed E-state index contributed by atoms with van der Waals surface area (Å²) >= 11 is 0. The van der Waals surface area contributed by atoms with E-state index in [9.17, 15) is 0 Å². The standard InChI is InChI=1S/C10H12N4/c1-2-4-9-7-14(8-13-9)10-11-5-3-6-12-10/h3,5-8H,2,4H2,1H3. The van der Waals surface area contributed by atoms with Crippen LogP contribution in [0.1, 0.15) is 19.0 Å². The van der Waals surface area contributed by atoms with E-state index in [2.05, 4.69) is 21.9 Å². The minimum absolute atomic E-state index is 0.669. The first-order valence-corrected chi connectivity index (χ1v) is 4.70. The van der Waals surface area contributed by atoms with E-state index in [1.54, 1.807) is 24.8 Å². The van der Waals surface area contributed by atoms with E-state index in [0.717, 1.165) is 18.5 Å². The summed E-state index contributed by atoms with van der Waals surface area (Å²) in [5, 5.41) is 0. The second-order valence-electron chi connectivity index (χ2n) is 3.07. The van der Waals surface area contributed by atoms with Crippen LogP contribution in [0.25, 0.3) is 5.95 Å². The van der Waals surface area contributed by atoms with E-state index in [-0.39, 0.29) is 0 Å². The summed E-state index contributed by atoms with van der Waals surface area (Å²) in [5.41, 5.74) is 1.08. The molecule has 0 aliphatic rings. The van der Waals surface area contributed by atoms with Crippen LogP contribution in [0.5, 0.6) is 0 Å². The highest BCUT2D eigenvalue weighted by Crippen LogP contribution is 2.03. The number of imidazole rings is 1. The second kappa shape index (κ2) is 4.00. The summed E-state index contributed by atoms with van der Waals surface area (Å²) in [5.74, 6) is 0.669. The number of hydrogen-bond donors (Lipinski definition) is 0. The molecule has 72 valence electrons. The molecule has 0 fully saturated rings. The van der Waals surface area contributed by atoms with Gasteiger partial charge in [0.2, 0.25) is 5.95 Å². The molecule has 0 atom stereocenters. The van der Waals surface area contributed by atoms with Crippen LogP contribution < -0.4 is 0 Å². The third-order valence-corrected chi connectivity index (χ3v) is 1.93. The lowest BCUT2D eigenvalue weighted by atomic mass is 10.3. The normalized spacial score (nSPS) is 10.4. The predicted octanol–water partition coefficient (Wildman–Crippen LogP) is 1.61. The van der Waals surface area contributed by atoms with Gasteiger partial charge in [0.1, 0.15) is 6.33 Å².